The minimum atomic E-state index is -2.19. The first kappa shape index (κ1) is 22.3. The van der Waals surface area contributed by atoms with E-state index in [4.69, 9.17) is 9.72 Å². The van der Waals surface area contributed by atoms with E-state index in [1.54, 1.807) is 12.4 Å². The van der Waals surface area contributed by atoms with Crippen molar-refractivity contribution in [3.05, 3.63) is 53.4 Å². The summed E-state index contributed by atoms with van der Waals surface area (Å²) >= 11 is 0. The SMILES string of the molecule is O=Cc1c(F)cc(B(O)O)c(-c2nc(N3CCOCC3)nc3c2CCN3c2ccncc2)c1F. The van der Waals surface area contributed by atoms with Gasteiger partial charge in [-0.3, -0.25) is 9.78 Å². The zero-order valence-electron chi connectivity index (χ0n) is 18.0. The Hall–Kier alpha value is -3.48. The van der Waals surface area contributed by atoms with Crippen LogP contribution >= 0.6 is 0 Å². The van der Waals surface area contributed by atoms with Gasteiger partial charge in [0.05, 0.1) is 24.5 Å². The van der Waals surface area contributed by atoms with Crippen LogP contribution in [0.4, 0.5) is 26.2 Å². The summed E-state index contributed by atoms with van der Waals surface area (Å²) in [4.78, 5) is 28.6. The minimum Gasteiger partial charge on any atom is -0.423 e. The lowest BCUT2D eigenvalue weighted by atomic mass is 9.74. The quantitative estimate of drug-likeness (QED) is 0.417. The molecule has 0 unspecified atom stereocenters. The molecule has 0 atom stereocenters. The van der Waals surface area contributed by atoms with E-state index >= 15 is 4.39 Å². The van der Waals surface area contributed by atoms with Crippen LogP contribution in [0, 0.1) is 11.6 Å². The maximum Gasteiger partial charge on any atom is 0.489 e. The lowest BCUT2D eigenvalue weighted by Crippen LogP contribution is -2.38. The fourth-order valence-corrected chi connectivity index (χ4v) is 4.34. The van der Waals surface area contributed by atoms with E-state index in [9.17, 15) is 19.2 Å². The number of carbonyl (C=O) groups is 1. The molecule has 0 aliphatic carbocycles. The van der Waals surface area contributed by atoms with Crippen molar-refractivity contribution < 1.29 is 28.4 Å². The van der Waals surface area contributed by atoms with E-state index in [2.05, 4.69) is 9.97 Å². The Kier molecular flexibility index (Phi) is 5.94. The molecule has 0 radical (unpaired) electrons. The van der Waals surface area contributed by atoms with E-state index in [0.29, 0.717) is 56.6 Å². The summed E-state index contributed by atoms with van der Waals surface area (Å²) in [6.45, 7) is 2.45. The Morgan fingerprint density at radius 1 is 1.09 bits per heavy atom. The molecule has 2 aromatic heterocycles. The first-order valence-corrected chi connectivity index (χ1v) is 10.7. The van der Waals surface area contributed by atoms with Gasteiger partial charge in [-0.1, -0.05) is 0 Å². The standard InChI is InChI=1S/C22H20BF2N5O4/c24-17-11-16(23(32)33)18(19(25)15(17)12-31)20-14-3-6-30(13-1-4-26-5-2-13)21(14)28-22(27-20)29-7-9-34-10-8-29/h1-2,4-5,11-12,32-33H,3,6-10H2. The third-order valence-corrected chi connectivity index (χ3v) is 6.00. The number of halogens is 2. The van der Waals surface area contributed by atoms with Crippen LogP contribution in [0.3, 0.4) is 0 Å². The smallest absolute Gasteiger partial charge is 0.423 e. The third kappa shape index (κ3) is 3.79. The maximum atomic E-state index is 15.5. The van der Waals surface area contributed by atoms with Crippen molar-refractivity contribution in [2.45, 2.75) is 6.42 Å². The molecule has 0 bridgehead atoms. The number of anilines is 3. The Labute approximate surface area is 193 Å². The van der Waals surface area contributed by atoms with Crippen LogP contribution in [0.1, 0.15) is 15.9 Å². The predicted molar refractivity (Wildman–Crippen MR) is 121 cm³/mol. The summed E-state index contributed by atoms with van der Waals surface area (Å²) in [5.41, 5.74) is -0.0876. The third-order valence-electron chi connectivity index (χ3n) is 6.00. The van der Waals surface area contributed by atoms with E-state index in [-0.39, 0.29) is 17.5 Å². The number of pyridine rings is 1. The molecule has 0 spiro atoms. The Morgan fingerprint density at radius 3 is 2.50 bits per heavy atom. The topological polar surface area (TPSA) is 112 Å². The van der Waals surface area contributed by atoms with Crippen molar-refractivity contribution in [3.8, 4) is 11.3 Å². The van der Waals surface area contributed by atoms with Gasteiger partial charge in [-0.15, -0.1) is 0 Å². The molecule has 2 N–H and O–H groups in total. The van der Waals surface area contributed by atoms with Gasteiger partial charge in [0.2, 0.25) is 5.95 Å². The molecular formula is C22H20BF2N5O4. The van der Waals surface area contributed by atoms with Crippen molar-refractivity contribution in [2.24, 2.45) is 0 Å². The van der Waals surface area contributed by atoms with Crippen LogP contribution in [0.25, 0.3) is 11.3 Å². The molecule has 34 heavy (non-hydrogen) atoms. The summed E-state index contributed by atoms with van der Waals surface area (Å²) in [7, 11) is -2.19. The fraction of sp³-hybridized carbons (Fsp3) is 0.273. The molecule has 4 heterocycles. The number of aromatic nitrogens is 3. The van der Waals surface area contributed by atoms with E-state index < -0.39 is 29.8 Å². The highest BCUT2D eigenvalue weighted by molar-refractivity contribution is 6.60. The summed E-state index contributed by atoms with van der Waals surface area (Å²) in [6, 6.07) is 4.39. The van der Waals surface area contributed by atoms with Gasteiger partial charge in [-0.2, -0.15) is 4.98 Å². The second-order valence-corrected chi connectivity index (χ2v) is 7.92. The summed E-state index contributed by atoms with van der Waals surface area (Å²) in [6.07, 6.45) is 3.78. The van der Waals surface area contributed by atoms with Crippen LogP contribution in [0.15, 0.2) is 30.6 Å². The summed E-state index contributed by atoms with van der Waals surface area (Å²) < 4.78 is 35.2. The fourth-order valence-electron chi connectivity index (χ4n) is 4.34. The van der Waals surface area contributed by atoms with E-state index in [0.717, 1.165) is 11.8 Å². The average molecular weight is 467 g/mol. The van der Waals surface area contributed by atoms with Gasteiger partial charge in [0.1, 0.15) is 17.5 Å². The molecule has 1 aromatic carbocycles. The highest BCUT2D eigenvalue weighted by Crippen LogP contribution is 2.40. The zero-order valence-corrected chi connectivity index (χ0v) is 18.0. The maximum absolute atomic E-state index is 15.5. The number of carbonyl (C=O) groups excluding carboxylic acids is 1. The predicted octanol–water partition coefficient (Wildman–Crippen LogP) is 0.840. The van der Waals surface area contributed by atoms with Gasteiger partial charge < -0.3 is 24.6 Å². The van der Waals surface area contributed by atoms with Crippen LogP contribution < -0.4 is 15.3 Å². The van der Waals surface area contributed by atoms with Crippen molar-refractivity contribution >= 4 is 36.3 Å². The van der Waals surface area contributed by atoms with E-state index in [1.807, 2.05) is 21.9 Å². The first-order chi connectivity index (χ1) is 16.5. The van der Waals surface area contributed by atoms with Gasteiger partial charge in [0.15, 0.2) is 6.29 Å². The Morgan fingerprint density at radius 2 is 1.82 bits per heavy atom. The molecule has 0 saturated carbocycles. The molecule has 1 fully saturated rings. The van der Waals surface area contributed by atoms with E-state index in [1.165, 1.54) is 0 Å². The summed E-state index contributed by atoms with van der Waals surface area (Å²) in [5.74, 6) is -1.56. The minimum absolute atomic E-state index is 0.0648. The average Bonchev–Trinajstić information content (AvgIpc) is 3.29. The molecule has 5 rings (SSSR count). The van der Waals surface area contributed by atoms with Crippen LogP contribution in [0.2, 0.25) is 0 Å². The second-order valence-electron chi connectivity index (χ2n) is 7.92. The van der Waals surface area contributed by atoms with Gasteiger partial charge in [-0.05, 0) is 30.1 Å². The number of hydrogen-bond acceptors (Lipinski definition) is 9. The Balaban J connectivity index is 1.77. The van der Waals surface area contributed by atoms with Gasteiger partial charge >= 0.3 is 7.12 Å². The van der Waals surface area contributed by atoms with Gasteiger partial charge in [-0.25, -0.2) is 13.8 Å². The number of hydrogen-bond donors (Lipinski definition) is 2. The van der Waals surface area contributed by atoms with Crippen molar-refractivity contribution in [1.29, 1.82) is 0 Å². The number of morpholine rings is 1. The Bertz CT molecular complexity index is 1240. The monoisotopic (exact) mass is 467 g/mol. The molecule has 0 amide bonds. The molecule has 174 valence electrons. The van der Waals surface area contributed by atoms with Crippen LogP contribution in [-0.2, 0) is 11.2 Å². The molecular weight excluding hydrogens is 447 g/mol. The van der Waals surface area contributed by atoms with Crippen LogP contribution in [0.5, 0.6) is 0 Å². The number of benzene rings is 1. The van der Waals surface area contributed by atoms with Gasteiger partial charge in [0, 0.05) is 48.8 Å². The van der Waals surface area contributed by atoms with Crippen molar-refractivity contribution in [1.82, 2.24) is 15.0 Å². The van der Waals surface area contributed by atoms with Crippen molar-refractivity contribution in [2.75, 3.05) is 42.6 Å². The number of nitrogens with zero attached hydrogens (tertiary/aromatic N) is 5. The molecule has 1 saturated heterocycles. The van der Waals surface area contributed by atoms with Gasteiger partial charge in [0.25, 0.3) is 0 Å². The normalized spacial score (nSPS) is 15.4. The number of fused-ring (bicyclic) bond motifs is 1. The molecule has 2 aliphatic rings. The largest absolute Gasteiger partial charge is 0.489 e. The second kappa shape index (κ2) is 9.05. The van der Waals surface area contributed by atoms with Crippen LogP contribution in [-0.4, -0.2) is 71.3 Å². The molecule has 9 nitrogen and oxygen atoms in total. The molecule has 12 heteroatoms. The zero-order chi connectivity index (χ0) is 23.8. The highest BCUT2D eigenvalue weighted by atomic mass is 19.1. The molecule has 3 aromatic rings. The lowest BCUT2D eigenvalue weighted by molar-refractivity contribution is 0.111. The van der Waals surface area contributed by atoms with Crippen molar-refractivity contribution in [3.63, 3.8) is 0 Å². The highest BCUT2D eigenvalue weighted by Gasteiger charge is 2.34. The number of aldehydes is 1. The number of rotatable bonds is 5. The molecule has 2 aliphatic heterocycles. The number of ether oxygens (including phenoxy) is 1. The summed E-state index contributed by atoms with van der Waals surface area (Å²) in [5, 5.41) is 19.8. The lowest BCUT2D eigenvalue weighted by Gasteiger charge is -2.28. The first-order valence-electron chi connectivity index (χ1n) is 10.7.